The number of alkyl carbamates (subject to hydrolysis) is 1. The SMILES string of the molecule is O=C(N[C@@H](Cc1ccccc1)[C@@H](O)[C@@H]1CCC[C@@H]1C(=O)O)OCc1ccccc1. The Hall–Kier alpha value is -2.86. The Morgan fingerprint density at radius 1 is 1.00 bits per heavy atom. The van der Waals surface area contributed by atoms with E-state index in [1.54, 1.807) is 0 Å². The number of aliphatic carboxylic acids is 1. The van der Waals surface area contributed by atoms with Crippen LogP contribution < -0.4 is 5.32 Å². The van der Waals surface area contributed by atoms with Crippen molar-refractivity contribution in [2.24, 2.45) is 11.8 Å². The third-order valence-electron chi connectivity index (χ3n) is 5.55. The summed E-state index contributed by atoms with van der Waals surface area (Å²) in [5, 5.41) is 23.2. The Morgan fingerprint density at radius 2 is 1.62 bits per heavy atom. The molecular formula is C23H27NO5. The first-order chi connectivity index (χ1) is 14.0. The maximum atomic E-state index is 12.4. The van der Waals surface area contributed by atoms with Crippen LogP contribution in [-0.4, -0.2) is 34.4 Å². The van der Waals surface area contributed by atoms with Crippen LogP contribution in [0.5, 0.6) is 0 Å². The minimum absolute atomic E-state index is 0.127. The first-order valence-corrected chi connectivity index (χ1v) is 9.96. The van der Waals surface area contributed by atoms with Gasteiger partial charge in [-0.15, -0.1) is 0 Å². The summed E-state index contributed by atoms with van der Waals surface area (Å²) in [6, 6.07) is 18.2. The minimum Gasteiger partial charge on any atom is -0.481 e. The van der Waals surface area contributed by atoms with Crippen molar-refractivity contribution in [3.05, 3.63) is 71.8 Å². The van der Waals surface area contributed by atoms with Crippen molar-refractivity contribution >= 4 is 12.1 Å². The molecule has 6 nitrogen and oxygen atoms in total. The minimum atomic E-state index is -0.969. The predicted molar refractivity (Wildman–Crippen MR) is 108 cm³/mol. The Morgan fingerprint density at radius 3 is 2.24 bits per heavy atom. The van der Waals surface area contributed by atoms with E-state index in [-0.39, 0.29) is 6.61 Å². The molecule has 1 fully saturated rings. The number of ether oxygens (including phenoxy) is 1. The van der Waals surface area contributed by atoms with Crippen LogP contribution >= 0.6 is 0 Å². The van der Waals surface area contributed by atoms with E-state index in [1.165, 1.54) is 0 Å². The highest BCUT2D eigenvalue weighted by Crippen LogP contribution is 2.36. The Bertz CT molecular complexity index is 795. The largest absolute Gasteiger partial charge is 0.481 e. The second-order valence-corrected chi connectivity index (χ2v) is 7.53. The van der Waals surface area contributed by atoms with E-state index in [0.717, 1.165) is 17.5 Å². The molecule has 2 aromatic rings. The molecule has 0 aliphatic heterocycles. The molecule has 3 rings (SSSR count). The number of nitrogens with one attached hydrogen (secondary N) is 1. The van der Waals surface area contributed by atoms with Crippen molar-refractivity contribution in [1.82, 2.24) is 5.32 Å². The van der Waals surface area contributed by atoms with Gasteiger partial charge in [-0.2, -0.15) is 0 Å². The number of carbonyl (C=O) groups excluding carboxylic acids is 1. The van der Waals surface area contributed by atoms with Gasteiger partial charge < -0.3 is 20.3 Å². The molecule has 154 valence electrons. The molecule has 0 heterocycles. The quantitative estimate of drug-likeness (QED) is 0.635. The van der Waals surface area contributed by atoms with Crippen molar-refractivity contribution < 1.29 is 24.5 Å². The van der Waals surface area contributed by atoms with Gasteiger partial charge in [-0.05, 0) is 30.4 Å². The summed E-state index contributed by atoms with van der Waals surface area (Å²) in [6.07, 6.45) is 0.736. The third kappa shape index (κ3) is 5.81. The molecule has 4 atom stereocenters. The normalized spacial score (nSPS) is 20.6. The number of aliphatic hydroxyl groups is 1. The number of rotatable bonds is 8. The van der Waals surface area contributed by atoms with Gasteiger partial charge in [0.2, 0.25) is 0 Å². The van der Waals surface area contributed by atoms with Crippen LogP contribution in [0, 0.1) is 11.8 Å². The topological polar surface area (TPSA) is 95.9 Å². The van der Waals surface area contributed by atoms with Crippen LogP contribution in [0.2, 0.25) is 0 Å². The summed E-state index contributed by atoms with van der Waals surface area (Å²) < 4.78 is 5.31. The van der Waals surface area contributed by atoms with E-state index in [4.69, 9.17) is 4.74 Å². The third-order valence-corrected chi connectivity index (χ3v) is 5.55. The molecule has 6 heteroatoms. The molecule has 0 spiro atoms. The number of hydrogen-bond donors (Lipinski definition) is 3. The van der Waals surface area contributed by atoms with Crippen LogP contribution in [0.25, 0.3) is 0 Å². The standard InChI is InChI=1S/C23H27NO5/c25-21(18-12-7-13-19(18)22(26)27)20(14-16-8-3-1-4-9-16)24-23(28)29-15-17-10-5-2-6-11-17/h1-6,8-11,18-21,25H,7,12-15H2,(H,24,28)(H,26,27)/t18-,19+,20+,21+/m1/s1. The molecule has 3 N–H and O–H groups in total. The average Bonchev–Trinajstić information content (AvgIpc) is 3.23. The zero-order valence-corrected chi connectivity index (χ0v) is 16.2. The van der Waals surface area contributed by atoms with Gasteiger partial charge >= 0.3 is 12.1 Å². The molecule has 1 aliphatic carbocycles. The van der Waals surface area contributed by atoms with Crippen molar-refractivity contribution in [2.75, 3.05) is 0 Å². The monoisotopic (exact) mass is 397 g/mol. The van der Waals surface area contributed by atoms with Crippen LogP contribution in [0.4, 0.5) is 4.79 Å². The number of aliphatic hydroxyl groups excluding tert-OH is 1. The molecule has 29 heavy (non-hydrogen) atoms. The van der Waals surface area contributed by atoms with Gasteiger partial charge in [-0.1, -0.05) is 67.1 Å². The Kier molecular flexibility index (Phi) is 7.25. The number of carboxylic acid groups (broad SMARTS) is 1. The first-order valence-electron chi connectivity index (χ1n) is 9.96. The highest BCUT2D eigenvalue weighted by atomic mass is 16.5. The lowest BCUT2D eigenvalue weighted by Crippen LogP contribution is -2.49. The van der Waals surface area contributed by atoms with Gasteiger partial charge in [0.1, 0.15) is 6.61 Å². The van der Waals surface area contributed by atoms with E-state index in [9.17, 15) is 19.8 Å². The fourth-order valence-corrected chi connectivity index (χ4v) is 4.04. The smallest absolute Gasteiger partial charge is 0.407 e. The molecule has 1 amide bonds. The molecule has 0 saturated heterocycles. The van der Waals surface area contributed by atoms with Crippen molar-refractivity contribution in [3.8, 4) is 0 Å². The van der Waals surface area contributed by atoms with E-state index in [0.29, 0.717) is 19.3 Å². The van der Waals surface area contributed by atoms with Gasteiger partial charge in [-0.3, -0.25) is 4.79 Å². The summed E-state index contributed by atoms with van der Waals surface area (Å²) in [7, 11) is 0. The number of carbonyl (C=O) groups is 2. The molecule has 0 aromatic heterocycles. The van der Waals surface area contributed by atoms with Crippen molar-refractivity contribution in [3.63, 3.8) is 0 Å². The van der Waals surface area contributed by atoms with E-state index >= 15 is 0 Å². The van der Waals surface area contributed by atoms with Gasteiger partial charge in [0.05, 0.1) is 18.1 Å². The molecule has 0 radical (unpaired) electrons. The first kappa shape index (κ1) is 20.9. The van der Waals surface area contributed by atoms with Gasteiger partial charge in [0.25, 0.3) is 0 Å². The molecule has 1 saturated carbocycles. The van der Waals surface area contributed by atoms with Crippen molar-refractivity contribution in [1.29, 1.82) is 0 Å². The lowest BCUT2D eigenvalue weighted by atomic mass is 9.85. The van der Waals surface area contributed by atoms with E-state index in [2.05, 4.69) is 5.32 Å². The summed E-state index contributed by atoms with van der Waals surface area (Å²) >= 11 is 0. The molecular weight excluding hydrogens is 370 g/mol. The number of benzene rings is 2. The highest BCUT2D eigenvalue weighted by Gasteiger charge is 2.41. The molecule has 0 bridgehead atoms. The summed E-state index contributed by atoms with van der Waals surface area (Å²) in [5.41, 5.74) is 1.81. The molecule has 0 unspecified atom stereocenters. The molecule has 1 aliphatic rings. The fraction of sp³-hybridized carbons (Fsp3) is 0.391. The maximum Gasteiger partial charge on any atom is 0.407 e. The summed E-state index contributed by atoms with van der Waals surface area (Å²) in [4.78, 5) is 23.9. The number of amides is 1. The predicted octanol–water partition coefficient (Wildman–Crippen LogP) is 3.39. The van der Waals surface area contributed by atoms with E-state index in [1.807, 2.05) is 60.7 Å². The van der Waals surface area contributed by atoms with Gasteiger partial charge in [0, 0.05) is 5.92 Å². The summed E-state index contributed by atoms with van der Waals surface area (Å²) in [6.45, 7) is 0.127. The van der Waals surface area contributed by atoms with Crippen molar-refractivity contribution in [2.45, 2.75) is 44.4 Å². The average molecular weight is 397 g/mol. The van der Waals surface area contributed by atoms with E-state index < -0.39 is 36.0 Å². The lowest BCUT2D eigenvalue weighted by Gasteiger charge is -2.30. The van der Waals surface area contributed by atoms with Gasteiger partial charge in [0.15, 0.2) is 0 Å². The van der Waals surface area contributed by atoms with Crippen LogP contribution in [0.1, 0.15) is 30.4 Å². The lowest BCUT2D eigenvalue weighted by molar-refractivity contribution is -0.144. The number of carboxylic acids is 1. The second kappa shape index (κ2) is 10.1. The maximum absolute atomic E-state index is 12.4. The number of hydrogen-bond acceptors (Lipinski definition) is 4. The highest BCUT2D eigenvalue weighted by molar-refractivity contribution is 5.71. The fourth-order valence-electron chi connectivity index (χ4n) is 4.04. The van der Waals surface area contributed by atoms with Gasteiger partial charge in [-0.25, -0.2) is 4.79 Å². The van der Waals surface area contributed by atoms with Crippen LogP contribution in [0.3, 0.4) is 0 Å². The van der Waals surface area contributed by atoms with Crippen LogP contribution in [-0.2, 0) is 22.6 Å². The zero-order chi connectivity index (χ0) is 20.6. The van der Waals surface area contributed by atoms with Crippen LogP contribution in [0.15, 0.2) is 60.7 Å². The molecule has 2 aromatic carbocycles. The zero-order valence-electron chi connectivity index (χ0n) is 16.2. The summed E-state index contributed by atoms with van der Waals surface area (Å²) in [5.74, 6) is -1.88. The second-order valence-electron chi connectivity index (χ2n) is 7.53. The Labute approximate surface area is 170 Å². The Balaban J connectivity index is 1.68.